The highest BCUT2D eigenvalue weighted by Gasteiger charge is 2.47. The summed E-state index contributed by atoms with van der Waals surface area (Å²) >= 11 is 0. The molecule has 0 radical (unpaired) electrons. The molecule has 4 amide bonds. The average molecular weight is 398 g/mol. The van der Waals surface area contributed by atoms with Gasteiger partial charge >= 0.3 is 12.1 Å². The number of carbonyl (C=O) groups is 3. The van der Waals surface area contributed by atoms with Crippen LogP contribution >= 0.6 is 0 Å². The molecule has 3 aliphatic rings. The summed E-state index contributed by atoms with van der Waals surface area (Å²) in [5.41, 5.74) is 0.400. The predicted molar refractivity (Wildman–Crippen MR) is 113 cm³/mol. The standard InChI is InChI=1S/C23H31N3O3/c1-23(16-27,17-10-4-2-5-11-17)26-20-15-9-8-14-19(20)25(21(28)24-22(26)29)18-12-6-3-7-13-18/h8-9,14-18H,2-7,10-13H2,1H3,(H,24,28,29). The van der Waals surface area contributed by atoms with E-state index in [0.29, 0.717) is 5.69 Å². The summed E-state index contributed by atoms with van der Waals surface area (Å²) in [6.45, 7) is 1.85. The lowest BCUT2D eigenvalue weighted by molar-refractivity contribution is -0.113. The van der Waals surface area contributed by atoms with Gasteiger partial charge in [-0.1, -0.05) is 50.7 Å². The first-order valence-corrected chi connectivity index (χ1v) is 11.1. The van der Waals surface area contributed by atoms with Gasteiger partial charge in [0.1, 0.15) is 11.8 Å². The van der Waals surface area contributed by atoms with Crippen LogP contribution in [0.2, 0.25) is 0 Å². The summed E-state index contributed by atoms with van der Waals surface area (Å²) in [4.78, 5) is 42.1. The van der Waals surface area contributed by atoms with Crippen molar-refractivity contribution in [2.45, 2.75) is 82.7 Å². The Morgan fingerprint density at radius 1 is 0.897 bits per heavy atom. The number of rotatable bonds is 4. The highest BCUT2D eigenvalue weighted by molar-refractivity contribution is 6.15. The lowest BCUT2D eigenvalue weighted by Crippen LogP contribution is -2.59. The monoisotopic (exact) mass is 397 g/mol. The van der Waals surface area contributed by atoms with Crippen LogP contribution in [0.1, 0.15) is 71.1 Å². The molecule has 0 saturated heterocycles. The molecule has 1 heterocycles. The minimum atomic E-state index is -0.983. The van der Waals surface area contributed by atoms with Crippen molar-refractivity contribution in [1.29, 1.82) is 0 Å². The molecule has 2 fully saturated rings. The SMILES string of the molecule is CC(C=O)(C1CCCCC1)N1C(=O)NC(=O)N(C2CCCCC2)c2ccccc21. The van der Waals surface area contributed by atoms with Gasteiger partial charge in [0.15, 0.2) is 0 Å². The van der Waals surface area contributed by atoms with Gasteiger partial charge < -0.3 is 4.79 Å². The molecule has 1 aliphatic heterocycles. The van der Waals surface area contributed by atoms with Crippen molar-refractivity contribution in [2.75, 3.05) is 9.80 Å². The molecule has 1 aromatic rings. The molecule has 1 unspecified atom stereocenters. The van der Waals surface area contributed by atoms with Gasteiger partial charge in [-0.25, -0.2) is 9.59 Å². The maximum absolute atomic E-state index is 13.3. The van der Waals surface area contributed by atoms with Gasteiger partial charge in [0, 0.05) is 6.04 Å². The summed E-state index contributed by atoms with van der Waals surface area (Å²) in [7, 11) is 0. The third-order valence-corrected chi connectivity index (χ3v) is 7.11. The summed E-state index contributed by atoms with van der Waals surface area (Å²) in [6.07, 6.45) is 11.3. The predicted octanol–water partition coefficient (Wildman–Crippen LogP) is 5.01. The average Bonchev–Trinajstić information content (AvgIpc) is 2.87. The Balaban J connectivity index is 1.80. The van der Waals surface area contributed by atoms with Crippen LogP contribution in [0.15, 0.2) is 24.3 Å². The Morgan fingerprint density at radius 3 is 2.10 bits per heavy atom. The van der Waals surface area contributed by atoms with E-state index in [9.17, 15) is 14.4 Å². The number of urea groups is 2. The smallest absolute Gasteiger partial charge is 0.301 e. The number of imide groups is 1. The Hall–Kier alpha value is -2.37. The molecule has 4 rings (SSSR count). The minimum Gasteiger partial charge on any atom is -0.301 e. The lowest BCUT2D eigenvalue weighted by atomic mass is 9.75. The van der Waals surface area contributed by atoms with Crippen LogP contribution in [0.5, 0.6) is 0 Å². The lowest BCUT2D eigenvalue weighted by Gasteiger charge is -2.43. The largest absolute Gasteiger partial charge is 0.330 e. The second kappa shape index (κ2) is 8.17. The number of amides is 4. The first-order valence-electron chi connectivity index (χ1n) is 11.1. The third-order valence-electron chi connectivity index (χ3n) is 7.11. The van der Waals surface area contributed by atoms with Crippen LogP contribution in [0, 0.1) is 5.92 Å². The Bertz CT molecular complexity index is 783. The van der Waals surface area contributed by atoms with E-state index in [1.165, 1.54) is 12.8 Å². The van der Waals surface area contributed by atoms with Gasteiger partial charge in [0.05, 0.1) is 11.4 Å². The molecule has 6 nitrogen and oxygen atoms in total. The van der Waals surface area contributed by atoms with Gasteiger partial charge in [0.2, 0.25) is 0 Å². The fourth-order valence-electron chi connectivity index (χ4n) is 5.48. The van der Waals surface area contributed by atoms with E-state index in [2.05, 4.69) is 5.32 Å². The molecule has 1 aromatic carbocycles. The number of nitrogens with zero attached hydrogens (tertiary/aromatic N) is 2. The molecule has 2 saturated carbocycles. The molecule has 6 heteroatoms. The summed E-state index contributed by atoms with van der Waals surface area (Å²) in [5.74, 6) is 0.0869. The van der Waals surface area contributed by atoms with Crippen LogP contribution < -0.4 is 15.1 Å². The number of hydrogen-bond donors (Lipinski definition) is 1. The van der Waals surface area contributed by atoms with E-state index in [-0.39, 0.29) is 18.0 Å². The minimum absolute atomic E-state index is 0.0785. The van der Waals surface area contributed by atoms with Crippen LogP contribution in [0.4, 0.5) is 21.0 Å². The number of fused-ring (bicyclic) bond motifs is 1. The normalized spacial score (nSPS) is 23.8. The van der Waals surface area contributed by atoms with Crippen molar-refractivity contribution in [2.24, 2.45) is 5.92 Å². The maximum Gasteiger partial charge on any atom is 0.330 e. The van der Waals surface area contributed by atoms with Crippen LogP contribution in [-0.2, 0) is 4.79 Å². The van der Waals surface area contributed by atoms with Crippen molar-refractivity contribution in [3.05, 3.63) is 24.3 Å². The van der Waals surface area contributed by atoms with E-state index in [0.717, 1.165) is 63.3 Å². The Labute approximate surface area is 172 Å². The van der Waals surface area contributed by atoms with Gasteiger partial charge in [-0.15, -0.1) is 0 Å². The molecule has 1 atom stereocenters. The number of nitrogens with one attached hydrogen (secondary N) is 1. The van der Waals surface area contributed by atoms with Gasteiger partial charge in [-0.2, -0.15) is 0 Å². The zero-order valence-electron chi connectivity index (χ0n) is 17.2. The first kappa shape index (κ1) is 19.9. The third kappa shape index (κ3) is 3.53. The van der Waals surface area contributed by atoms with Crippen LogP contribution in [0.25, 0.3) is 0 Å². The Kier molecular flexibility index (Phi) is 5.61. The number of para-hydroxylation sites is 2. The molecule has 156 valence electrons. The van der Waals surface area contributed by atoms with E-state index < -0.39 is 11.6 Å². The molecule has 0 bridgehead atoms. The van der Waals surface area contributed by atoms with Crippen LogP contribution in [-0.4, -0.2) is 29.9 Å². The van der Waals surface area contributed by atoms with Crippen molar-refractivity contribution in [3.8, 4) is 0 Å². The number of anilines is 2. The number of aldehydes is 1. The number of carbonyl (C=O) groups excluding carboxylic acids is 3. The van der Waals surface area contributed by atoms with Crippen molar-refractivity contribution in [3.63, 3.8) is 0 Å². The first-order chi connectivity index (χ1) is 14.1. The topological polar surface area (TPSA) is 69.7 Å². The Morgan fingerprint density at radius 2 is 1.48 bits per heavy atom. The van der Waals surface area contributed by atoms with Gasteiger partial charge in [-0.05, 0) is 50.7 Å². The van der Waals surface area contributed by atoms with Crippen molar-refractivity contribution >= 4 is 29.7 Å². The van der Waals surface area contributed by atoms with E-state index in [1.807, 2.05) is 31.2 Å². The van der Waals surface area contributed by atoms with Crippen LogP contribution in [0.3, 0.4) is 0 Å². The summed E-state index contributed by atoms with van der Waals surface area (Å²) in [6, 6.07) is 6.74. The van der Waals surface area contributed by atoms with E-state index >= 15 is 0 Å². The second-order valence-corrected chi connectivity index (χ2v) is 8.90. The molecular weight excluding hydrogens is 366 g/mol. The molecule has 1 N–H and O–H groups in total. The fourth-order valence-corrected chi connectivity index (χ4v) is 5.48. The highest BCUT2D eigenvalue weighted by atomic mass is 16.2. The van der Waals surface area contributed by atoms with E-state index in [4.69, 9.17) is 0 Å². The molecule has 0 spiro atoms. The zero-order valence-corrected chi connectivity index (χ0v) is 17.2. The van der Waals surface area contributed by atoms with E-state index in [1.54, 1.807) is 9.80 Å². The molecule has 2 aliphatic carbocycles. The van der Waals surface area contributed by atoms with Crippen molar-refractivity contribution < 1.29 is 14.4 Å². The zero-order chi connectivity index (χ0) is 20.4. The van der Waals surface area contributed by atoms with Crippen molar-refractivity contribution in [1.82, 2.24) is 5.32 Å². The summed E-state index contributed by atoms with van der Waals surface area (Å²) in [5, 5.41) is 2.58. The van der Waals surface area contributed by atoms with Gasteiger partial charge in [-0.3, -0.25) is 15.1 Å². The molecule has 29 heavy (non-hydrogen) atoms. The number of hydrogen-bond acceptors (Lipinski definition) is 3. The fraction of sp³-hybridized carbons (Fsp3) is 0.609. The molecular formula is C23H31N3O3. The second-order valence-electron chi connectivity index (χ2n) is 8.90. The van der Waals surface area contributed by atoms with Gasteiger partial charge in [0.25, 0.3) is 0 Å². The molecule has 0 aromatic heterocycles. The maximum atomic E-state index is 13.3. The number of benzene rings is 1. The highest BCUT2D eigenvalue weighted by Crippen LogP contribution is 2.43. The quantitative estimate of drug-likeness (QED) is 0.726. The summed E-state index contributed by atoms with van der Waals surface area (Å²) < 4.78 is 0.